The maximum atomic E-state index is 3.97. The first-order valence-corrected chi connectivity index (χ1v) is 2.95. The largest absolute Gasteiger partial charge is 0.246 e. The summed E-state index contributed by atoms with van der Waals surface area (Å²) in [5.74, 6) is 0.788. The van der Waals surface area contributed by atoms with Gasteiger partial charge in [-0.2, -0.15) is 0 Å². The molecule has 0 heterocycles. The Balaban J connectivity index is 3.84. The van der Waals surface area contributed by atoms with Crippen molar-refractivity contribution < 1.29 is 0 Å². The van der Waals surface area contributed by atoms with E-state index in [1.165, 1.54) is 0 Å². The Labute approximate surface area is 56.0 Å². The Morgan fingerprint density at radius 2 is 2.00 bits per heavy atom. The zero-order valence-corrected chi connectivity index (χ0v) is 6.13. The monoisotopic (exact) mass is 124 g/mol. The van der Waals surface area contributed by atoms with Gasteiger partial charge in [0.15, 0.2) is 0 Å². The molecule has 0 unspecified atom stereocenters. The third-order valence-electron chi connectivity index (χ3n) is 0.726. The van der Waals surface area contributed by atoms with Gasteiger partial charge in [0.2, 0.25) is 0 Å². The molecule has 0 N–H and O–H groups in total. The van der Waals surface area contributed by atoms with Gasteiger partial charge in [-0.25, -0.2) is 9.98 Å². The highest BCUT2D eigenvalue weighted by molar-refractivity contribution is 5.87. The van der Waals surface area contributed by atoms with E-state index in [9.17, 15) is 0 Å². The summed E-state index contributed by atoms with van der Waals surface area (Å²) in [6.07, 6.45) is 5.32. The van der Waals surface area contributed by atoms with Crippen LogP contribution in [-0.2, 0) is 0 Å². The highest BCUT2D eigenvalue weighted by Crippen LogP contribution is 1.80. The molecule has 0 rings (SSSR count). The summed E-state index contributed by atoms with van der Waals surface area (Å²) in [5.41, 5.74) is 0. The molecule has 0 atom stereocenters. The van der Waals surface area contributed by atoms with E-state index < -0.39 is 0 Å². The second-order valence-corrected chi connectivity index (χ2v) is 1.55. The second-order valence-electron chi connectivity index (χ2n) is 1.55. The summed E-state index contributed by atoms with van der Waals surface area (Å²) in [7, 11) is 0. The fourth-order valence-corrected chi connectivity index (χ4v) is 0.403. The minimum Gasteiger partial charge on any atom is -0.246 e. The molecule has 2 heteroatoms. The van der Waals surface area contributed by atoms with Crippen LogP contribution in [0, 0.1) is 0 Å². The Hall–Kier alpha value is -0.920. The molecule has 0 aliphatic heterocycles. The molecule has 0 bridgehead atoms. The van der Waals surface area contributed by atoms with Crippen molar-refractivity contribution in [2.75, 3.05) is 0 Å². The van der Waals surface area contributed by atoms with Crippen LogP contribution in [0.15, 0.2) is 22.3 Å². The van der Waals surface area contributed by atoms with Gasteiger partial charge < -0.3 is 0 Å². The van der Waals surface area contributed by atoms with Crippen molar-refractivity contribution in [3.8, 4) is 0 Å². The number of amidine groups is 1. The normalized spacial score (nSPS) is 13.9. The summed E-state index contributed by atoms with van der Waals surface area (Å²) < 4.78 is 0. The van der Waals surface area contributed by atoms with Gasteiger partial charge in [-0.15, -0.1) is 0 Å². The van der Waals surface area contributed by atoms with Crippen LogP contribution in [0.4, 0.5) is 0 Å². The fraction of sp³-hybridized carbons (Fsp3) is 0.429. The number of hydrogen-bond donors (Lipinski definition) is 0. The lowest BCUT2D eigenvalue weighted by Crippen LogP contribution is -1.81. The lowest BCUT2D eigenvalue weighted by atomic mass is 10.6. The smallest absolute Gasteiger partial charge is 0.124 e. The van der Waals surface area contributed by atoms with Gasteiger partial charge in [0.05, 0.1) is 0 Å². The molecule has 9 heavy (non-hydrogen) atoms. The average Bonchev–Trinajstić information content (AvgIpc) is 1.85. The zero-order chi connectivity index (χ0) is 7.11. The molecule has 0 spiro atoms. The van der Waals surface area contributed by atoms with Crippen LogP contribution in [0.25, 0.3) is 0 Å². The molecule has 2 nitrogen and oxygen atoms in total. The van der Waals surface area contributed by atoms with E-state index in [-0.39, 0.29) is 0 Å². The molecule has 0 fully saturated rings. The van der Waals surface area contributed by atoms with Gasteiger partial charge in [0, 0.05) is 12.4 Å². The van der Waals surface area contributed by atoms with E-state index in [0.717, 1.165) is 5.84 Å². The highest BCUT2D eigenvalue weighted by Gasteiger charge is 1.75. The molecule has 0 aliphatic rings. The number of allylic oxidation sites excluding steroid dienone is 1. The first kappa shape index (κ1) is 8.08. The number of aliphatic imine (C=N–C) groups is 2. The minimum absolute atomic E-state index is 0.788. The van der Waals surface area contributed by atoms with Crippen molar-refractivity contribution >= 4 is 12.1 Å². The lowest BCUT2D eigenvalue weighted by Gasteiger charge is -1.83. The summed E-state index contributed by atoms with van der Waals surface area (Å²) in [4.78, 5) is 7.91. The maximum absolute atomic E-state index is 3.97. The van der Waals surface area contributed by atoms with Crippen LogP contribution in [0.5, 0.6) is 0 Å². The van der Waals surface area contributed by atoms with E-state index in [2.05, 4.69) is 9.98 Å². The Morgan fingerprint density at radius 1 is 1.33 bits per heavy atom. The summed E-state index contributed by atoms with van der Waals surface area (Å²) in [6, 6.07) is 0. The van der Waals surface area contributed by atoms with Crippen molar-refractivity contribution in [2.45, 2.75) is 20.8 Å². The van der Waals surface area contributed by atoms with Crippen molar-refractivity contribution in [1.82, 2.24) is 0 Å². The summed E-state index contributed by atoms with van der Waals surface area (Å²) in [6.45, 7) is 5.65. The van der Waals surface area contributed by atoms with Gasteiger partial charge in [0.1, 0.15) is 5.84 Å². The zero-order valence-electron chi connectivity index (χ0n) is 6.13. The van der Waals surface area contributed by atoms with E-state index in [0.29, 0.717) is 0 Å². The molecule has 0 saturated carbocycles. The molecular formula is C7H12N2. The lowest BCUT2D eigenvalue weighted by molar-refractivity contribution is 1.45. The van der Waals surface area contributed by atoms with Crippen molar-refractivity contribution in [1.29, 1.82) is 0 Å². The summed E-state index contributed by atoms with van der Waals surface area (Å²) >= 11 is 0. The third kappa shape index (κ3) is 4.94. The standard InChI is InChI=1S/C7H12N2/c1-4-6-9-7(3)8-5-2/h4-6H,1-3H3/b6-4-,8-5?,9-7?. The third-order valence-corrected chi connectivity index (χ3v) is 0.726. The molecule has 0 aromatic carbocycles. The first-order chi connectivity index (χ1) is 4.31. The second kappa shape index (κ2) is 5.22. The Bertz CT molecular complexity index is 143. The van der Waals surface area contributed by atoms with Crippen LogP contribution < -0.4 is 0 Å². The van der Waals surface area contributed by atoms with Crippen LogP contribution in [-0.4, -0.2) is 12.1 Å². The molecule has 0 radical (unpaired) electrons. The fourth-order valence-electron chi connectivity index (χ4n) is 0.403. The number of hydrogen-bond acceptors (Lipinski definition) is 1. The SMILES string of the molecule is CC=NC(C)=N/C=C\C. The van der Waals surface area contributed by atoms with Gasteiger partial charge in [-0.05, 0) is 20.8 Å². The minimum atomic E-state index is 0.788. The molecule has 0 aliphatic carbocycles. The quantitative estimate of drug-likeness (QED) is 0.377. The van der Waals surface area contributed by atoms with Gasteiger partial charge >= 0.3 is 0 Å². The maximum Gasteiger partial charge on any atom is 0.124 e. The number of nitrogens with zero attached hydrogens (tertiary/aromatic N) is 2. The van der Waals surface area contributed by atoms with Gasteiger partial charge in [-0.1, -0.05) is 6.08 Å². The molecule has 0 aromatic heterocycles. The van der Waals surface area contributed by atoms with Crippen LogP contribution in [0.1, 0.15) is 20.8 Å². The molecule has 0 amide bonds. The van der Waals surface area contributed by atoms with Gasteiger partial charge in [0.25, 0.3) is 0 Å². The van der Waals surface area contributed by atoms with E-state index >= 15 is 0 Å². The Morgan fingerprint density at radius 3 is 2.44 bits per heavy atom. The predicted molar refractivity (Wildman–Crippen MR) is 42.1 cm³/mol. The van der Waals surface area contributed by atoms with Crippen LogP contribution >= 0.6 is 0 Å². The highest BCUT2D eigenvalue weighted by atomic mass is 14.9. The van der Waals surface area contributed by atoms with Crippen molar-refractivity contribution in [3.63, 3.8) is 0 Å². The van der Waals surface area contributed by atoms with Crippen LogP contribution in [0.2, 0.25) is 0 Å². The molecular weight excluding hydrogens is 112 g/mol. The van der Waals surface area contributed by atoms with Crippen molar-refractivity contribution in [3.05, 3.63) is 12.3 Å². The Kier molecular flexibility index (Phi) is 4.69. The molecule has 0 saturated heterocycles. The van der Waals surface area contributed by atoms with Crippen molar-refractivity contribution in [2.24, 2.45) is 9.98 Å². The average molecular weight is 124 g/mol. The van der Waals surface area contributed by atoms with Crippen LogP contribution in [0.3, 0.4) is 0 Å². The number of rotatable bonds is 1. The predicted octanol–water partition coefficient (Wildman–Crippen LogP) is 2.03. The van der Waals surface area contributed by atoms with Gasteiger partial charge in [-0.3, -0.25) is 0 Å². The summed E-state index contributed by atoms with van der Waals surface area (Å²) in [5, 5.41) is 0. The topological polar surface area (TPSA) is 24.7 Å². The van der Waals surface area contributed by atoms with E-state index in [1.807, 2.05) is 26.8 Å². The van der Waals surface area contributed by atoms with E-state index in [1.54, 1.807) is 12.4 Å². The molecule has 0 aromatic rings. The first-order valence-electron chi connectivity index (χ1n) is 2.95. The van der Waals surface area contributed by atoms with E-state index in [4.69, 9.17) is 0 Å². The molecule has 50 valence electrons.